The molecule has 0 spiro atoms. The number of benzene rings is 2. The summed E-state index contributed by atoms with van der Waals surface area (Å²) in [6, 6.07) is 11.2. The quantitative estimate of drug-likeness (QED) is 0.619. The maximum absolute atomic E-state index is 14.3. The molecule has 0 saturated heterocycles. The molecule has 0 atom stereocenters. The molecule has 2 aromatic carbocycles. The SMILES string of the molecule is O=S(=O)(F)Oc1ccc(OCc2c(F)cc(-c3cccc(O)n3)cc2F)cc1. The van der Waals surface area contributed by atoms with Gasteiger partial charge in [0.1, 0.15) is 29.7 Å². The van der Waals surface area contributed by atoms with Crippen molar-refractivity contribution in [3.63, 3.8) is 0 Å². The lowest BCUT2D eigenvalue weighted by atomic mass is 10.1. The van der Waals surface area contributed by atoms with E-state index < -0.39 is 28.7 Å². The molecule has 1 aromatic heterocycles. The van der Waals surface area contributed by atoms with Crippen molar-refractivity contribution < 1.29 is 35.1 Å². The van der Waals surface area contributed by atoms with E-state index in [0.29, 0.717) is 0 Å². The number of hydrogen-bond donors (Lipinski definition) is 1. The Morgan fingerprint density at radius 3 is 2.14 bits per heavy atom. The summed E-state index contributed by atoms with van der Waals surface area (Å²) in [7, 11) is -5.15. The minimum atomic E-state index is -5.15. The topological polar surface area (TPSA) is 85.7 Å². The van der Waals surface area contributed by atoms with Gasteiger partial charge in [0.15, 0.2) is 0 Å². The Labute approximate surface area is 158 Å². The van der Waals surface area contributed by atoms with Gasteiger partial charge >= 0.3 is 10.5 Å². The van der Waals surface area contributed by atoms with Crippen molar-refractivity contribution in [3.05, 3.63) is 71.8 Å². The molecule has 0 amide bonds. The molecule has 10 heteroatoms. The van der Waals surface area contributed by atoms with Crippen LogP contribution in [-0.4, -0.2) is 18.5 Å². The molecule has 0 aliphatic carbocycles. The van der Waals surface area contributed by atoms with Crippen molar-refractivity contribution in [3.8, 4) is 28.6 Å². The van der Waals surface area contributed by atoms with Crippen LogP contribution in [0.3, 0.4) is 0 Å². The molecule has 0 aliphatic heterocycles. The van der Waals surface area contributed by atoms with Crippen LogP contribution in [0.1, 0.15) is 5.56 Å². The highest BCUT2D eigenvalue weighted by atomic mass is 32.3. The molecule has 0 bridgehead atoms. The van der Waals surface area contributed by atoms with Crippen LogP contribution in [0.2, 0.25) is 0 Å². The Morgan fingerprint density at radius 2 is 1.57 bits per heavy atom. The average Bonchev–Trinajstić information content (AvgIpc) is 2.61. The summed E-state index contributed by atoms with van der Waals surface area (Å²) in [5.41, 5.74) is 0.00261. The first-order valence-corrected chi connectivity index (χ1v) is 9.03. The Balaban J connectivity index is 1.74. The van der Waals surface area contributed by atoms with Crippen LogP contribution in [0.4, 0.5) is 12.7 Å². The van der Waals surface area contributed by atoms with E-state index in [1.54, 1.807) is 0 Å². The van der Waals surface area contributed by atoms with Crippen molar-refractivity contribution in [1.29, 1.82) is 0 Å². The van der Waals surface area contributed by atoms with Crippen LogP contribution < -0.4 is 8.92 Å². The lowest BCUT2D eigenvalue weighted by molar-refractivity contribution is 0.292. The average molecular weight is 411 g/mol. The maximum Gasteiger partial charge on any atom is 0.488 e. The van der Waals surface area contributed by atoms with Crippen molar-refractivity contribution in [2.24, 2.45) is 0 Å². The molecule has 3 rings (SSSR count). The van der Waals surface area contributed by atoms with E-state index in [1.165, 1.54) is 30.3 Å². The fraction of sp³-hybridized carbons (Fsp3) is 0.0556. The number of ether oxygens (including phenoxy) is 1. The van der Waals surface area contributed by atoms with Crippen molar-refractivity contribution in [2.45, 2.75) is 6.61 Å². The van der Waals surface area contributed by atoms with E-state index in [-0.39, 0.29) is 34.2 Å². The van der Waals surface area contributed by atoms with Gasteiger partial charge in [0.25, 0.3) is 0 Å². The second kappa shape index (κ2) is 7.77. The fourth-order valence-corrected chi connectivity index (χ4v) is 2.68. The summed E-state index contributed by atoms with van der Waals surface area (Å²) in [5.74, 6) is -2.15. The first-order chi connectivity index (χ1) is 13.2. The van der Waals surface area contributed by atoms with Gasteiger partial charge in [0.2, 0.25) is 5.88 Å². The monoisotopic (exact) mass is 411 g/mol. The van der Waals surface area contributed by atoms with E-state index in [4.69, 9.17) is 4.74 Å². The van der Waals surface area contributed by atoms with Crippen LogP contribution in [0.15, 0.2) is 54.6 Å². The van der Waals surface area contributed by atoms with Gasteiger partial charge in [0, 0.05) is 11.6 Å². The number of halogens is 3. The Bertz CT molecular complexity index is 1080. The highest BCUT2D eigenvalue weighted by Crippen LogP contribution is 2.26. The van der Waals surface area contributed by atoms with Crippen LogP contribution in [0, 0.1) is 11.6 Å². The predicted molar refractivity (Wildman–Crippen MR) is 92.7 cm³/mol. The van der Waals surface area contributed by atoms with E-state index >= 15 is 0 Å². The third kappa shape index (κ3) is 4.92. The van der Waals surface area contributed by atoms with E-state index in [0.717, 1.165) is 24.3 Å². The third-order valence-corrected chi connectivity index (χ3v) is 3.97. The molecule has 1 heterocycles. The number of hydrogen-bond acceptors (Lipinski definition) is 6. The molecular weight excluding hydrogens is 399 g/mol. The third-order valence-electron chi connectivity index (χ3n) is 3.57. The first kappa shape index (κ1) is 19.5. The molecular formula is C18H12F3NO5S. The van der Waals surface area contributed by atoms with E-state index in [9.17, 15) is 26.2 Å². The van der Waals surface area contributed by atoms with Crippen molar-refractivity contribution in [2.75, 3.05) is 0 Å². The van der Waals surface area contributed by atoms with Gasteiger partial charge in [-0.25, -0.2) is 13.8 Å². The Morgan fingerprint density at radius 1 is 0.964 bits per heavy atom. The number of rotatable bonds is 6. The van der Waals surface area contributed by atoms with Gasteiger partial charge in [-0.1, -0.05) is 9.95 Å². The number of aromatic nitrogens is 1. The number of nitrogens with zero attached hydrogens (tertiary/aromatic N) is 1. The summed E-state index contributed by atoms with van der Waals surface area (Å²) in [5, 5.41) is 9.38. The molecule has 6 nitrogen and oxygen atoms in total. The lowest BCUT2D eigenvalue weighted by Crippen LogP contribution is -2.03. The highest BCUT2D eigenvalue weighted by Gasteiger charge is 2.14. The van der Waals surface area contributed by atoms with Gasteiger partial charge < -0.3 is 14.0 Å². The molecule has 0 aliphatic rings. The second-order valence-corrected chi connectivity index (χ2v) is 6.49. The standard InChI is InChI=1S/C18H12F3NO5S/c19-15-8-11(17-2-1-3-18(23)22-17)9-16(20)14(15)10-26-12-4-6-13(7-5-12)27-28(21,24)25/h1-9H,10H2,(H,22,23). The van der Waals surface area contributed by atoms with Crippen LogP contribution >= 0.6 is 0 Å². The van der Waals surface area contributed by atoms with Crippen molar-refractivity contribution in [1.82, 2.24) is 4.98 Å². The smallest absolute Gasteiger partial charge is 0.488 e. The fourth-order valence-electron chi connectivity index (χ4n) is 2.33. The van der Waals surface area contributed by atoms with Gasteiger partial charge in [-0.05, 0) is 42.5 Å². The molecule has 0 radical (unpaired) electrons. The van der Waals surface area contributed by atoms with Crippen LogP contribution in [0.25, 0.3) is 11.3 Å². The van der Waals surface area contributed by atoms with E-state index in [1.807, 2.05) is 0 Å². The zero-order valence-electron chi connectivity index (χ0n) is 14.0. The molecule has 0 fully saturated rings. The van der Waals surface area contributed by atoms with Gasteiger partial charge in [-0.2, -0.15) is 8.42 Å². The predicted octanol–water partition coefficient (Wildman–Crippen LogP) is 3.90. The minimum Gasteiger partial charge on any atom is -0.493 e. The number of pyridine rings is 1. The second-order valence-electron chi connectivity index (χ2n) is 5.54. The number of aromatic hydroxyl groups is 1. The maximum atomic E-state index is 14.3. The molecule has 1 N–H and O–H groups in total. The largest absolute Gasteiger partial charge is 0.493 e. The van der Waals surface area contributed by atoms with Gasteiger partial charge in [-0.15, -0.1) is 0 Å². The summed E-state index contributed by atoms with van der Waals surface area (Å²) < 4.78 is 71.1. The van der Waals surface area contributed by atoms with Crippen LogP contribution in [0.5, 0.6) is 17.4 Å². The Kier molecular flexibility index (Phi) is 5.41. The summed E-state index contributed by atoms with van der Waals surface area (Å²) in [6.07, 6.45) is 0. The molecule has 3 aromatic rings. The minimum absolute atomic E-state index is 0.142. The molecule has 28 heavy (non-hydrogen) atoms. The zero-order valence-corrected chi connectivity index (χ0v) is 14.8. The lowest BCUT2D eigenvalue weighted by Gasteiger charge is -2.10. The van der Waals surface area contributed by atoms with Crippen molar-refractivity contribution >= 4 is 10.5 Å². The van der Waals surface area contributed by atoms with E-state index in [2.05, 4.69) is 9.17 Å². The molecule has 0 saturated carbocycles. The van der Waals surface area contributed by atoms with Gasteiger partial charge in [0.05, 0.1) is 11.3 Å². The normalized spacial score (nSPS) is 11.2. The summed E-state index contributed by atoms with van der Waals surface area (Å²) in [6.45, 7) is -0.451. The zero-order chi connectivity index (χ0) is 20.3. The summed E-state index contributed by atoms with van der Waals surface area (Å²) in [4.78, 5) is 3.79. The highest BCUT2D eigenvalue weighted by molar-refractivity contribution is 7.81. The van der Waals surface area contributed by atoms with Gasteiger partial charge in [-0.3, -0.25) is 0 Å². The molecule has 0 unspecified atom stereocenters. The summed E-state index contributed by atoms with van der Waals surface area (Å²) >= 11 is 0. The Hall–Kier alpha value is -3.27. The first-order valence-electron chi connectivity index (χ1n) is 7.72. The molecule has 146 valence electrons. The van der Waals surface area contributed by atoms with Crippen LogP contribution in [-0.2, 0) is 17.1 Å².